The molecule has 2 aromatic rings. The number of aromatic amines is 1. The van der Waals surface area contributed by atoms with Crippen molar-refractivity contribution in [1.29, 1.82) is 0 Å². The number of hydrogen-bond acceptors (Lipinski definition) is 3. The summed E-state index contributed by atoms with van der Waals surface area (Å²) >= 11 is 0. The van der Waals surface area contributed by atoms with E-state index in [9.17, 15) is 0 Å². The molecule has 0 saturated carbocycles. The number of H-pyrrole nitrogens is 1. The maximum atomic E-state index is 5.75. The van der Waals surface area contributed by atoms with Gasteiger partial charge in [0.1, 0.15) is 5.32 Å². The number of nitrogens with zero attached hydrogens (tertiary/aromatic N) is 2. The molecule has 77 valence electrons. The number of hydrogen-bond donors (Lipinski definition) is 1. The molecule has 1 aromatic carbocycles. The van der Waals surface area contributed by atoms with Crippen LogP contribution in [0.4, 0.5) is 0 Å². The Bertz CT molecular complexity index is 390. The van der Waals surface area contributed by atoms with Crippen LogP contribution >= 0.6 is 0 Å². The van der Waals surface area contributed by atoms with E-state index < -0.39 is 9.04 Å². The van der Waals surface area contributed by atoms with Gasteiger partial charge in [0.25, 0.3) is 0 Å². The van der Waals surface area contributed by atoms with Crippen molar-refractivity contribution in [3.63, 3.8) is 0 Å². The third-order valence-corrected chi connectivity index (χ3v) is 4.11. The van der Waals surface area contributed by atoms with E-state index in [0.717, 1.165) is 5.32 Å². The van der Waals surface area contributed by atoms with Crippen molar-refractivity contribution >= 4 is 19.5 Å². The van der Waals surface area contributed by atoms with Crippen molar-refractivity contribution in [2.45, 2.75) is 6.92 Å². The molecule has 0 aliphatic heterocycles. The van der Waals surface area contributed by atoms with Gasteiger partial charge in [-0.25, -0.2) is 0 Å². The molecule has 0 aliphatic carbocycles. The maximum absolute atomic E-state index is 5.75. The molecule has 0 unspecified atom stereocenters. The molecule has 1 radical (unpaired) electrons. The highest BCUT2D eigenvalue weighted by molar-refractivity contribution is 6.79. The van der Waals surface area contributed by atoms with Gasteiger partial charge in [0, 0.05) is 6.61 Å². The minimum atomic E-state index is -1.21. The van der Waals surface area contributed by atoms with Crippen LogP contribution in [0.25, 0.3) is 0 Å². The quantitative estimate of drug-likeness (QED) is 0.732. The second-order valence-electron chi connectivity index (χ2n) is 2.98. The topological polar surface area (TPSA) is 50.8 Å². The summed E-state index contributed by atoms with van der Waals surface area (Å²) < 4.78 is 5.75. The Kier molecular flexibility index (Phi) is 3.26. The van der Waals surface area contributed by atoms with Gasteiger partial charge in [0.15, 0.2) is 0 Å². The van der Waals surface area contributed by atoms with Crippen LogP contribution in [0.5, 0.6) is 0 Å². The molecule has 0 bridgehead atoms. The first kappa shape index (κ1) is 10.1. The second-order valence-corrected chi connectivity index (χ2v) is 5.02. The maximum Gasteiger partial charge on any atom is 0.307 e. The van der Waals surface area contributed by atoms with Gasteiger partial charge in [-0.15, -0.1) is 0 Å². The van der Waals surface area contributed by atoms with Crippen molar-refractivity contribution in [3.8, 4) is 0 Å². The van der Waals surface area contributed by atoms with Crippen LogP contribution in [0.1, 0.15) is 6.92 Å². The molecule has 4 nitrogen and oxygen atoms in total. The van der Waals surface area contributed by atoms with E-state index in [1.54, 1.807) is 6.20 Å². The van der Waals surface area contributed by atoms with Gasteiger partial charge in [-0.3, -0.25) is 0 Å². The number of benzene rings is 1. The molecule has 0 fully saturated rings. The monoisotopic (exact) mass is 218 g/mol. The Labute approximate surface area is 90.0 Å². The first-order chi connectivity index (χ1) is 7.42. The summed E-state index contributed by atoms with van der Waals surface area (Å²) in [5, 5.41) is 12.6. The zero-order chi connectivity index (χ0) is 10.5. The lowest BCUT2D eigenvalue weighted by molar-refractivity contribution is 0.357. The van der Waals surface area contributed by atoms with E-state index in [1.165, 1.54) is 5.19 Å². The van der Waals surface area contributed by atoms with Gasteiger partial charge in [-0.05, 0) is 12.1 Å². The van der Waals surface area contributed by atoms with Crippen LogP contribution in [0.3, 0.4) is 0 Å². The Morgan fingerprint density at radius 3 is 2.73 bits per heavy atom. The van der Waals surface area contributed by atoms with E-state index >= 15 is 0 Å². The Balaban J connectivity index is 2.28. The first-order valence-electron chi connectivity index (χ1n) is 4.83. The smallest absolute Gasteiger partial charge is 0.307 e. The molecule has 1 N–H and O–H groups in total. The standard InChI is InChI=1S/C10H12N3OSi/c1-2-14-15(10-8-11-13-12-10)9-6-4-3-5-7-9/h3-8H,2H2,1H3,(H,11,12,13). The minimum absolute atomic E-state index is 0.691. The first-order valence-corrected chi connectivity index (χ1v) is 6.24. The lowest BCUT2D eigenvalue weighted by Gasteiger charge is -2.10. The lowest BCUT2D eigenvalue weighted by atomic mass is 10.4. The van der Waals surface area contributed by atoms with E-state index in [0.29, 0.717) is 6.61 Å². The summed E-state index contributed by atoms with van der Waals surface area (Å²) in [6.07, 6.45) is 1.73. The molecule has 15 heavy (non-hydrogen) atoms. The highest BCUT2D eigenvalue weighted by Crippen LogP contribution is 1.90. The van der Waals surface area contributed by atoms with Gasteiger partial charge in [0.05, 0.1) is 6.20 Å². The zero-order valence-corrected chi connectivity index (χ0v) is 9.47. The van der Waals surface area contributed by atoms with Crippen LogP contribution in [-0.2, 0) is 4.43 Å². The molecule has 2 rings (SSSR count). The van der Waals surface area contributed by atoms with Crippen molar-refractivity contribution in [1.82, 2.24) is 15.4 Å². The Hall–Kier alpha value is -1.46. The van der Waals surface area contributed by atoms with Gasteiger partial charge in [0.2, 0.25) is 0 Å². The molecular formula is C10H12N3OSi. The molecule has 0 saturated heterocycles. The van der Waals surface area contributed by atoms with E-state index in [-0.39, 0.29) is 0 Å². The SMILES string of the molecule is CCO[Si](c1ccccc1)c1cn[nH]n1. The minimum Gasteiger partial charge on any atom is -0.407 e. The fourth-order valence-electron chi connectivity index (χ4n) is 1.35. The molecule has 5 heteroatoms. The number of nitrogens with one attached hydrogen (secondary N) is 1. The Morgan fingerprint density at radius 2 is 2.13 bits per heavy atom. The molecule has 0 atom stereocenters. The average Bonchev–Trinajstić information content (AvgIpc) is 2.80. The number of rotatable bonds is 4. The fraction of sp³-hybridized carbons (Fsp3) is 0.200. The predicted octanol–water partition coefficient (Wildman–Crippen LogP) is -0.0531. The van der Waals surface area contributed by atoms with Gasteiger partial charge in [-0.2, -0.15) is 15.4 Å². The zero-order valence-electron chi connectivity index (χ0n) is 8.47. The summed E-state index contributed by atoms with van der Waals surface area (Å²) in [4.78, 5) is 0. The third-order valence-electron chi connectivity index (χ3n) is 1.97. The van der Waals surface area contributed by atoms with Crippen molar-refractivity contribution in [3.05, 3.63) is 36.5 Å². The summed E-state index contributed by atoms with van der Waals surface area (Å²) in [6.45, 7) is 2.68. The summed E-state index contributed by atoms with van der Waals surface area (Å²) in [6, 6.07) is 10.2. The van der Waals surface area contributed by atoms with E-state index in [4.69, 9.17) is 4.43 Å². The van der Waals surface area contributed by atoms with Gasteiger partial charge >= 0.3 is 9.04 Å². The van der Waals surface area contributed by atoms with Crippen LogP contribution in [0.2, 0.25) is 0 Å². The second kappa shape index (κ2) is 4.86. The normalized spacial score (nSPS) is 10.8. The average molecular weight is 218 g/mol. The van der Waals surface area contributed by atoms with Gasteiger partial charge in [-0.1, -0.05) is 30.3 Å². The summed E-state index contributed by atoms with van der Waals surface area (Å²) in [5.74, 6) is 0. The fourth-order valence-corrected chi connectivity index (χ4v) is 3.08. The highest BCUT2D eigenvalue weighted by atomic mass is 28.3. The van der Waals surface area contributed by atoms with Crippen LogP contribution < -0.4 is 10.5 Å². The van der Waals surface area contributed by atoms with Crippen molar-refractivity contribution in [2.75, 3.05) is 6.61 Å². The van der Waals surface area contributed by atoms with Crippen LogP contribution in [-0.4, -0.2) is 31.1 Å². The largest absolute Gasteiger partial charge is 0.407 e. The molecule has 1 aromatic heterocycles. The molecule has 0 spiro atoms. The highest BCUT2D eigenvalue weighted by Gasteiger charge is 2.21. The molecule has 0 amide bonds. The molecule has 1 heterocycles. The predicted molar refractivity (Wildman–Crippen MR) is 59.5 cm³/mol. The summed E-state index contributed by atoms with van der Waals surface area (Å²) in [7, 11) is -1.21. The van der Waals surface area contributed by atoms with Crippen molar-refractivity contribution in [2.24, 2.45) is 0 Å². The third kappa shape index (κ3) is 2.31. The lowest BCUT2D eigenvalue weighted by Crippen LogP contribution is -2.45. The van der Waals surface area contributed by atoms with E-state index in [2.05, 4.69) is 27.5 Å². The van der Waals surface area contributed by atoms with Crippen LogP contribution in [0.15, 0.2) is 36.5 Å². The molecular weight excluding hydrogens is 206 g/mol. The van der Waals surface area contributed by atoms with Crippen LogP contribution in [0, 0.1) is 0 Å². The number of aromatic nitrogens is 3. The summed E-state index contributed by atoms with van der Waals surface area (Å²) in [5.41, 5.74) is 0. The molecule has 0 aliphatic rings. The van der Waals surface area contributed by atoms with E-state index in [1.807, 2.05) is 25.1 Å². The Morgan fingerprint density at radius 1 is 1.33 bits per heavy atom. The van der Waals surface area contributed by atoms with Gasteiger partial charge < -0.3 is 4.43 Å². The van der Waals surface area contributed by atoms with Crippen molar-refractivity contribution < 1.29 is 4.43 Å².